The third-order valence-corrected chi connectivity index (χ3v) is 7.91. The van der Waals surface area contributed by atoms with Crippen molar-refractivity contribution >= 4 is 29.3 Å². The molecule has 4 aliphatic rings. The van der Waals surface area contributed by atoms with Gasteiger partial charge in [0.05, 0.1) is 11.1 Å². The lowest BCUT2D eigenvalue weighted by Crippen LogP contribution is -2.58. The molecule has 2 N–H and O–H groups in total. The topological polar surface area (TPSA) is 98.8 Å². The summed E-state index contributed by atoms with van der Waals surface area (Å²) in [5, 5.41) is 5.52. The van der Waals surface area contributed by atoms with Gasteiger partial charge in [-0.05, 0) is 47.9 Å². The van der Waals surface area contributed by atoms with Gasteiger partial charge in [-0.15, -0.1) is 0 Å². The maximum absolute atomic E-state index is 13.2. The van der Waals surface area contributed by atoms with Gasteiger partial charge in [-0.3, -0.25) is 34.3 Å². The Hall–Kier alpha value is -3.52. The Kier molecular flexibility index (Phi) is 5.21. The fourth-order valence-electron chi connectivity index (χ4n) is 5.89. The van der Waals surface area contributed by atoms with E-state index < -0.39 is 23.8 Å². The van der Waals surface area contributed by atoms with Crippen molar-refractivity contribution in [2.24, 2.45) is 5.41 Å². The van der Waals surface area contributed by atoms with Crippen molar-refractivity contribution < 1.29 is 19.2 Å². The standard InChI is InChI=1S/C27H28N4O4/c32-22-10-9-21(24(33)29-22)31-25(34)19-3-1-4-20(23(19)26(31)35)28-13-17-5-7-18(8-6-17)14-30-15-27(16-30)11-2-12-27/h1,3-8,21,28H,2,9-16H2,(H,29,32,33). The summed E-state index contributed by atoms with van der Waals surface area (Å²) in [6.07, 6.45) is 4.40. The number of amides is 4. The molecule has 4 amide bonds. The molecule has 0 radical (unpaired) electrons. The van der Waals surface area contributed by atoms with Crippen LogP contribution in [0.25, 0.3) is 0 Å². The van der Waals surface area contributed by atoms with Crippen LogP contribution in [-0.4, -0.2) is 52.6 Å². The molecule has 3 heterocycles. The van der Waals surface area contributed by atoms with Gasteiger partial charge in [0.25, 0.3) is 11.8 Å². The van der Waals surface area contributed by atoms with E-state index in [4.69, 9.17) is 0 Å². The van der Waals surface area contributed by atoms with Gasteiger partial charge in [0.1, 0.15) is 6.04 Å². The number of anilines is 1. The number of hydrogen-bond acceptors (Lipinski definition) is 6. The van der Waals surface area contributed by atoms with Crippen LogP contribution >= 0.6 is 0 Å². The Morgan fingerprint density at radius 1 is 0.943 bits per heavy atom. The number of fused-ring (bicyclic) bond motifs is 1. The van der Waals surface area contributed by atoms with Crippen molar-refractivity contribution in [1.29, 1.82) is 0 Å². The predicted octanol–water partition coefficient (Wildman–Crippen LogP) is 2.69. The molecule has 1 aliphatic carbocycles. The number of hydrogen-bond donors (Lipinski definition) is 2. The smallest absolute Gasteiger partial charge is 0.264 e. The molecule has 6 rings (SSSR count). The zero-order valence-corrected chi connectivity index (χ0v) is 19.5. The Balaban J connectivity index is 1.11. The first-order valence-electron chi connectivity index (χ1n) is 12.3. The summed E-state index contributed by atoms with van der Waals surface area (Å²) < 4.78 is 0. The molecule has 2 aromatic rings. The van der Waals surface area contributed by atoms with Gasteiger partial charge in [0.2, 0.25) is 11.8 Å². The minimum atomic E-state index is -0.967. The summed E-state index contributed by atoms with van der Waals surface area (Å²) in [6, 6.07) is 12.6. The zero-order valence-electron chi connectivity index (χ0n) is 19.5. The Morgan fingerprint density at radius 2 is 1.69 bits per heavy atom. The van der Waals surface area contributed by atoms with Gasteiger partial charge in [0, 0.05) is 38.3 Å². The second-order valence-corrected chi connectivity index (χ2v) is 10.3. The van der Waals surface area contributed by atoms with Crippen LogP contribution in [0.5, 0.6) is 0 Å². The van der Waals surface area contributed by atoms with E-state index in [9.17, 15) is 19.2 Å². The quantitative estimate of drug-likeness (QED) is 0.628. The number of carbonyl (C=O) groups is 4. The summed E-state index contributed by atoms with van der Waals surface area (Å²) in [5.41, 5.74) is 4.12. The average Bonchev–Trinajstić information content (AvgIpc) is 3.05. The Bertz CT molecular complexity index is 1230. The lowest BCUT2D eigenvalue weighted by Gasteiger charge is -2.56. The van der Waals surface area contributed by atoms with Crippen molar-refractivity contribution in [3.8, 4) is 0 Å². The van der Waals surface area contributed by atoms with Gasteiger partial charge in [-0.25, -0.2) is 0 Å². The van der Waals surface area contributed by atoms with Crippen molar-refractivity contribution in [2.45, 2.75) is 51.2 Å². The van der Waals surface area contributed by atoms with Crippen molar-refractivity contribution in [2.75, 3.05) is 18.4 Å². The van der Waals surface area contributed by atoms with Crippen molar-refractivity contribution in [1.82, 2.24) is 15.1 Å². The maximum atomic E-state index is 13.2. The summed E-state index contributed by atoms with van der Waals surface area (Å²) in [5.74, 6) is -1.99. The molecular formula is C27H28N4O4. The second kappa shape index (κ2) is 8.30. The zero-order chi connectivity index (χ0) is 24.2. The van der Waals surface area contributed by atoms with E-state index in [1.807, 2.05) is 0 Å². The molecule has 1 spiro atoms. The normalized spacial score (nSPS) is 23.1. The minimum absolute atomic E-state index is 0.101. The number of carbonyl (C=O) groups excluding carboxylic acids is 4. The second-order valence-electron chi connectivity index (χ2n) is 10.3. The highest BCUT2D eigenvalue weighted by molar-refractivity contribution is 6.25. The molecule has 2 saturated heterocycles. The highest BCUT2D eigenvalue weighted by Crippen LogP contribution is 2.48. The number of piperidine rings is 1. The van der Waals surface area contributed by atoms with E-state index in [0.29, 0.717) is 17.6 Å². The molecule has 8 nitrogen and oxygen atoms in total. The van der Waals surface area contributed by atoms with Crippen molar-refractivity contribution in [3.63, 3.8) is 0 Å². The number of rotatable bonds is 6. The molecule has 1 unspecified atom stereocenters. The maximum Gasteiger partial charge on any atom is 0.264 e. The van der Waals surface area contributed by atoms with E-state index in [1.54, 1.807) is 18.2 Å². The number of imide groups is 2. The van der Waals surface area contributed by atoms with Crippen molar-refractivity contribution in [3.05, 3.63) is 64.7 Å². The first kappa shape index (κ1) is 22.0. The van der Waals surface area contributed by atoms with E-state index in [1.165, 1.54) is 37.9 Å². The van der Waals surface area contributed by atoms with Crippen LogP contribution in [-0.2, 0) is 22.7 Å². The van der Waals surface area contributed by atoms with Gasteiger partial charge in [-0.2, -0.15) is 0 Å². The fraction of sp³-hybridized carbons (Fsp3) is 0.407. The molecule has 0 aromatic heterocycles. The van der Waals surface area contributed by atoms with Gasteiger partial charge < -0.3 is 5.32 Å². The first-order valence-corrected chi connectivity index (χ1v) is 12.3. The van der Waals surface area contributed by atoms with Gasteiger partial charge in [0.15, 0.2) is 0 Å². The van der Waals surface area contributed by atoms with Crippen LogP contribution in [0.3, 0.4) is 0 Å². The molecule has 0 bridgehead atoms. The van der Waals surface area contributed by atoms with Crippen LogP contribution in [0.15, 0.2) is 42.5 Å². The summed E-state index contributed by atoms with van der Waals surface area (Å²) in [7, 11) is 0. The molecule has 1 saturated carbocycles. The van der Waals surface area contributed by atoms with Crippen LogP contribution < -0.4 is 10.6 Å². The molecule has 2 aromatic carbocycles. The molecular weight excluding hydrogens is 444 g/mol. The molecule has 3 aliphatic heterocycles. The third-order valence-electron chi connectivity index (χ3n) is 7.91. The predicted molar refractivity (Wildman–Crippen MR) is 128 cm³/mol. The lowest BCUT2D eigenvalue weighted by atomic mass is 9.63. The highest BCUT2D eigenvalue weighted by Gasteiger charge is 2.47. The van der Waals surface area contributed by atoms with Crippen LogP contribution in [0, 0.1) is 5.41 Å². The Labute approximate surface area is 203 Å². The molecule has 1 atom stereocenters. The van der Waals surface area contributed by atoms with E-state index in [-0.39, 0.29) is 29.9 Å². The number of likely N-dealkylation sites (tertiary alicyclic amines) is 1. The van der Waals surface area contributed by atoms with Crippen LogP contribution in [0.4, 0.5) is 5.69 Å². The average molecular weight is 473 g/mol. The lowest BCUT2D eigenvalue weighted by molar-refractivity contribution is -0.136. The van der Waals surface area contributed by atoms with E-state index in [2.05, 4.69) is 39.8 Å². The summed E-state index contributed by atoms with van der Waals surface area (Å²) in [6.45, 7) is 3.92. The first-order chi connectivity index (χ1) is 16.9. The van der Waals surface area contributed by atoms with Gasteiger partial charge >= 0.3 is 0 Å². The Morgan fingerprint density at radius 3 is 2.37 bits per heavy atom. The largest absolute Gasteiger partial charge is 0.380 e. The summed E-state index contributed by atoms with van der Waals surface area (Å²) >= 11 is 0. The third kappa shape index (κ3) is 3.82. The van der Waals surface area contributed by atoms with Gasteiger partial charge in [-0.1, -0.05) is 36.8 Å². The highest BCUT2D eigenvalue weighted by atomic mass is 16.2. The fourth-order valence-corrected chi connectivity index (χ4v) is 5.89. The number of nitrogens with one attached hydrogen (secondary N) is 2. The molecule has 35 heavy (non-hydrogen) atoms. The molecule has 180 valence electrons. The summed E-state index contributed by atoms with van der Waals surface area (Å²) in [4.78, 5) is 53.5. The van der Waals surface area contributed by atoms with Crippen LogP contribution in [0.1, 0.15) is 63.9 Å². The van der Waals surface area contributed by atoms with Crippen LogP contribution in [0.2, 0.25) is 0 Å². The number of benzene rings is 2. The van der Waals surface area contributed by atoms with E-state index >= 15 is 0 Å². The molecule has 3 fully saturated rings. The number of nitrogens with zero attached hydrogens (tertiary/aromatic N) is 2. The van der Waals surface area contributed by atoms with E-state index in [0.717, 1.165) is 17.0 Å². The SMILES string of the molecule is O=C1CCC(N2C(=O)c3cccc(NCc4ccc(CN5CC6(CCC6)C5)cc4)c3C2=O)C(=O)N1. The monoisotopic (exact) mass is 472 g/mol. The molecule has 8 heteroatoms. The minimum Gasteiger partial charge on any atom is -0.380 e.